The molecule has 0 atom stereocenters. The summed E-state index contributed by atoms with van der Waals surface area (Å²) in [5, 5.41) is 0.744. The Bertz CT molecular complexity index is 1350. The van der Waals surface area contributed by atoms with Crippen LogP contribution in [0.1, 0.15) is 29.9 Å². The smallest absolute Gasteiger partial charge is 0.229 e. The Hall–Kier alpha value is -3.00. The van der Waals surface area contributed by atoms with Crippen LogP contribution >= 0.6 is 39.7 Å². The molecule has 3 aromatic carbocycles. The van der Waals surface area contributed by atoms with Gasteiger partial charge in [0.15, 0.2) is 5.13 Å². The van der Waals surface area contributed by atoms with Gasteiger partial charge in [0.2, 0.25) is 5.91 Å². The zero-order valence-electron chi connectivity index (χ0n) is 19.5. The average molecular weight is 582 g/mol. The summed E-state index contributed by atoms with van der Waals surface area (Å²) in [6.07, 6.45) is 6.71. The fraction of sp³-hybridized carbons (Fsp3) is 0.179. The first kappa shape index (κ1) is 26.1. The van der Waals surface area contributed by atoms with E-state index in [0.717, 1.165) is 43.9 Å². The summed E-state index contributed by atoms with van der Waals surface area (Å²) >= 11 is 5.11. The Kier molecular flexibility index (Phi) is 8.91. The Morgan fingerprint density at radius 1 is 1.00 bits per heavy atom. The molecule has 5 nitrogen and oxygen atoms in total. The van der Waals surface area contributed by atoms with E-state index >= 15 is 0 Å². The van der Waals surface area contributed by atoms with Gasteiger partial charge in [0.05, 0.1) is 16.5 Å². The molecule has 0 aliphatic carbocycles. The van der Waals surface area contributed by atoms with E-state index in [4.69, 9.17) is 4.98 Å². The number of rotatable bonds is 9. The Morgan fingerprint density at radius 2 is 1.69 bits per heavy atom. The van der Waals surface area contributed by atoms with Gasteiger partial charge in [-0.05, 0) is 35.7 Å². The molecule has 0 fully saturated rings. The lowest BCUT2D eigenvalue weighted by atomic mass is 9.88. The third-order valence-corrected chi connectivity index (χ3v) is 7.55. The van der Waals surface area contributed by atoms with Gasteiger partial charge in [0, 0.05) is 42.3 Å². The van der Waals surface area contributed by atoms with Crippen LogP contribution in [0.25, 0.3) is 10.2 Å². The first-order valence-electron chi connectivity index (χ1n) is 11.6. The zero-order valence-corrected chi connectivity index (χ0v) is 22.8. The lowest BCUT2D eigenvalue weighted by molar-refractivity contribution is -0.118. The Balaban J connectivity index is 0.00000304. The maximum atomic E-state index is 13.9. The number of aryl methyl sites for hydroxylation is 1. The Morgan fingerprint density at radius 3 is 2.33 bits per heavy atom. The van der Waals surface area contributed by atoms with Crippen molar-refractivity contribution < 1.29 is 4.79 Å². The van der Waals surface area contributed by atoms with Gasteiger partial charge < -0.3 is 4.57 Å². The minimum Gasteiger partial charge on any atom is -0.337 e. The second-order valence-corrected chi connectivity index (χ2v) is 10.3. The van der Waals surface area contributed by atoms with Gasteiger partial charge >= 0.3 is 0 Å². The highest BCUT2D eigenvalue weighted by atomic mass is 79.9. The van der Waals surface area contributed by atoms with Gasteiger partial charge in [0.25, 0.3) is 0 Å². The molecule has 8 heteroatoms. The molecule has 0 unspecified atom stereocenters. The van der Waals surface area contributed by atoms with Crippen molar-refractivity contribution in [3.05, 3.63) is 113 Å². The van der Waals surface area contributed by atoms with Gasteiger partial charge in [-0.2, -0.15) is 0 Å². The highest BCUT2D eigenvalue weighted by Gasteiger charge is 2.25. The third kappa shape index (κ3) is 6.22. The fourth-order valence-corrected chi connectivity index (χ4v) is 5.80. The van der Waals surface area contributed by atoms with Crippen LogP contribution in [0.5, 0.6) is 0 Å². The molecule has 0 N–H and O–H groups in total. The van der Waals surface area contributed by atoms with E-state index in [-0.39, 0.29) is 24.2 Å². The highest BCUT2D eigenvalue weighted by Crippen LogP contribution is 2.34. The number of hydrogen-bond acceptors (Lipinski definition) is 4. The monoisotopic (exact) mass is 580 g/mol. The zero-order chi connectivity index (χ0) is 24.0. The lowest BCUT2D eigenvalue weighted by Crippen LogP contribution is -2.33. The van der Waals surface area contributed by atoms with Gasteiger partial charge in [-0.3, -0.25) is 9.69 Å². The van der Waals surface area contributed by atoms with Crippen LogP contribution in [0, 0.1) is 0 Å². The number of benzene rings is 3. The topological polar surface area (TPSA) is 51.0 Å². The van der Waals surface area contributed by atoms with Crippen molar-refractivity contribution in [2.45, 2.75) is 25.3 Å². The van der Waals surface area contributed by atoms with Crippen LogP contribution in [-0.4, -0.2) is 27.0 Å². The van der Waals surface area contributed by atoms with E-state index in [2.05, 4.69) is 51.2 Å². The molecule has 0 saturated carbocycles. The van der Waals surface area contributed by atoms with Crippen molar-refractivity contribution in [2.24, 2.45) is 0 Å². The molecule has 0 aliphatic rings. The first-order chi connectivity index (χ1) is 17.2. The minimum atomic E-state index is -0.0235. The standard InChI is InChI=1S/C28H25BrN4OS.ClH/c29-23-12-13-25-26(18-23)35-28(31-25)33(16-7-15-32-17-14-30-20-32)27(34)19-24(21-8-3-1-4-9-21)22-10-5-2-6-11-22;/h1-6,8-14,17-18,20,24H,7,15-16,19H2;1H. The fourth-order valence-electron chi connectivity index (χ4n) is 4.24. The van der Waals surface area contributed by atoms with Crippen molar-refractivity contribution in [1.82, 2.24) is 14.5 Å². The molecule has 2 aromatic heterocycles. The van der Waals surface area contributed by atoms with Gasteiger partial charge in [-0.25, -0.2) is 9.97 Å². The van der Waals surface area contributed by atoms with Crippen LogP contribution in [0.2, 0.25) is 0 Å². The second-order valence-electron chi connectivity index (χ2n) is 8.39. The number of amides is 1. The van der Waals surface area contributed by atoms with E-state index in [0.29, 0.717) is 13.0 Å². The Labute approximate surface area is 229 Å². The predicted octanol–water partition coefficient (Wildman–Crippen LogP) is 7.32. The molecule has 2 heterocycles. The summed E-state index contributed by atoms with van der Waals surface area (Å²) in [6.45, 7) is 1.38. The molecule has 0 radical (unpaired) electrons. The first-order valence-corrected chi connectivity index (χ1v) is 13.2. The second kappa shape index (κ2) is 12.3. The number of aromatic nitrogens is 3. The van der Waals surface area contributed by atoms with Crippen LogP contribution in [0.15, 0.2) is 102 Å². The maximum absolute atomic E-state index is 13.9. The summed E-state index contributed by atoms with van der Waals surface area (Å²) in [5.74, 6) is 0.0519. The lowest BCUT2D eigenvalue weighted by Gasteiger charge is -2.24. The summed E-state index contributed by atoms with van der Waals surface area (Å²) in [7, 11) is 0. The summed E-state index contributed by atoms with van der Waals surface area (Å²) in [6, 6.07) is 26.6. The highest BCUT2D eigenvalue weighted by molar-refractivity contribution is 9.10. The van der Waals surface area contributed by atoms with Crippen molar-refractivity contribution in [1.29, 1.82) is 0 Å². The number of fused-ring (bicyclic) bond motifs is 1. The number of carbonyl (C=O) groups excluding carboxylic acids is 1. The third-order valence-electron chi connectivity index (χ3n) is 6.01. The molecular weight excluding hydrogens is 556 g/mol. The number of halogens is 2. The molecule has 0 spiro atoms. The van der Waals surface area contributed by atoms with Crippen molar-refractivity contribution in [2.75, 3.05) is 11.4 Å². The quantitative estimate of drug-likeness (QED) is 0.183. The number of imidazole rings is 1. The van der Waals surface area contributed by atoms with E-state index in [1.165, 1.54) is 0 Å². The summed E-state index contributed by atoms with van der Waals surface area (Å²) in [5.41, 5.74) is 3.18. The molecule has 0 bridgehead atoms. The number of hydrogen-bond donors (Lipinski definition) is 0. The van der Waals surface area contributed by atoms with Crippen molar-refractivity contribution >= 4 is 60.9 Å². The van der Waals surface area contributed by atoms with Crippen LogP contribution in [0.4, 0.5) is 5.13 Å². The molecular formula is C28H26BrClN4OS. The molecule has 5 rings (SSSR count). The normalized spacial score (nSPS) is 10.9. The molecule has 0 saturated heterocycles. The van der Waals surface area contributed by atoms with Crippen LogP contribution < -0.4 is 4.90 Å². The number of anilines is 1. The summed E-state index contributed by atoms with van der Waals surface area (Å²) < 4.78 is 4.10. The van der Waals surface area contributed by atoms with Crippen LogP contribution in [0.3, 0.4) is 0 Å². The van der Waals surface area contributed by atoms with E-state index in [1.54, 1.807) is 17.5 Å². The van der Waals surface area contributed by atoms with Gasteiger partial charge in [-0.1, -0.05) is 87.9 Å². The minimum absolute atomic E-state index is 0. The molecule has 0 aliphatic heterocycles. The molecule has 36 heavy (non-hydrogen) atoms. The maximum Gasteiger partial charge on any atom is 0.229 e. The van der Waals surface area contributed by atoms with E-state index < -0.39 is 0 Å². The van der Waals surface area contributed by atoms with Crippen molar-refractivity contribution in [3.63, 3.8) is 0 Å². The largest absolute Gasteiger partial charge is 0.337 e. The number of nitrogens with zero attached hydrogens (tertiary/aromatic N) is 4. The summed E-state index contributed by atoms with van der Waals surface area (Å²) in [4.78, 5) is 24.7. The molecule has 5 aromatic rings. The van der Waals surface area contributed by atoms with Gasteiger partial charge in [0.1, 0.15) is 0 Å². The SMILES string of the molecule is Cl.O=C(CC(c1ccccc1)c1ccccc1)N(CCCn1ccnc1)c1nc2ccc(Br)cc2s1. The van der Waals surface area contributed by atoms with Gasteiger partial charge in [-0.15, -0.1) is 12.4 Å². The van der Waals surface area contributed by atoms with E-state index in [1.807, 2.05) is 70.5 Å². The molecule has 184 valence electrons. The van der Waals surface area contributed by atoms with E-state index in [9.17, 15) is 4.79 Å². The average Bonchev–Trinajstić information content (AvgIpc) is 3.55. The number of thiazole rings is 1. The molecule has 1 amide bonds. The predicted molar refractivity (Wildman–Crippen MR) is 153 cm³/mol. The number of carbonyl (C=O) groups is 1. The van der Waals surface area contributed by atoms with Crippen molar-refractivity contribution in [3.8, 4) is 0 Å². The van der Waals surface area contributed by atoms with Crippen LogP contribution in [-0.2, 0) is 11.3 Å².